The van der Waals surface area contributed by atoms with E-state index >= 15 is 0 Å². The van der Waals surface area contributed by atoms with Gasteiger partial charge in [-0.2, -0.15) is 0 Å². The number of nitrogens with one attached hydrogen (secondary N) is 1. The zero-order valence-corrected chi connectivity index (χ0v) is 9.37. The Hall–Kier alpha value is -0.610. The number of rotatable bonds is 7. The van der Waals surface area contributed by atoms with E-state index in [1.807, 2.05) is 0 Å². The Morgan fingerprint density at radius 1 is 1.47 bits per heavy atom. The van der Waals surface area contributed by atoms with Gasteiger partial charge in [0.15, 0.2) is 0 Å². The van der Waals surface area contributed by atoms with Gasteiger partial charge in [0, 0.05) is 19.3 Å². The normalized spacial score (nSPS) is 25.7. The van der Waals surface area contributed by atoms with Crippen LogP contribution in [0.4, 0.5) is 0 Å². The first-order valence-electron chi connectivity index (χ1n) is 5.80. The lowest BCUT2D eigenvalue weighted by Gasteiger charge is -2.11. The fourth-order valence-corrected chi connectivity index (χ4v) is 1.82. The van der Waals surface area contributed by atoms with Crippen LogP contribution >= 0.6 is 0 Å². The van der Waals surface area contributed by atoms with Gasteiger partial charge in [-0.25, -0.2) is 0 Å². The second kappa shape index (κ2) is 6.80. The van der Waals surface area contributed by atoms with Crippen molar-refractivity contribution in [3.63, 3.8) is 0 Å². The van der Waals surface area contributed by atoms with E-state index in [2.05, 4.69) is 12.2 Å². The van der Waals surface area contributed by atoms with E-state index in [0.717, 1.165) is 45.3 Å². The van der Waals surface area contributed by atoms with Crippen molar-refractivity contribution in [1.29, 1.82) is 0 Å². The lowest BCUT2D eigenvalue weighted by molar-refractivity contribution is -0.139. The maximum atomic E-state index is 10.7. The molecule has 4 heteroatoms. The van der Waals surface area contributed by atoms with Crippen molar-refractivity contribution >= 4 is 5.97 Å². The number of hydrogen-bond acceptors (Lipinski definition) is 3. The van der Waals surface area contributed by atoms with Crippen LogP contribution in [0.25, 0.3) is 0 Å². The molecule has 0 aromatic carbocycles. The molecule has 1 aliphatic rings. The number of carbonyl (C=O) groups is 1. The minimum Gasteiger partial charge on any atom is -0.480 e. The molecule has 2 N–H and O–H groups in total. The maximum Gasteiger partial charge on any atom is 0.320 e. The molecule has 0 amide bonds. The summed E-state index contributed by atoms with van der Waals surface area (Å²) in [5, 5.41) is 11.9. The van der Waals surface area contributed by atoms with Gasteiger partial charge in [0.05, 0.1) is 0 Å². The van der Waals surface area contributed by atoms with Crippen molar-refractivity contribution in [3.8, 4) is 0 Å². The lowest BCUT2D eigenvalue weighted by Crippen LogP contribution is -2.35. The minimum atomic E-state index is -0.732. The highest BCUT2D eigenvalue weighted by molar-refractivity contribution is 5.73. The highest BCUT2D eigenvalue weighted by Gasteiger charge is 2.28. The van der Waals surface area contributed by atoms with Crippen LogP contribution in [-0.2, 0) is 9.53 Å². The molecule has 88 valence electrons. The Morgan fingerprint density at radius 2 is 2.27 bits per heavy atom. The first-order valence-corrected chi connectivity index (χ1v) is 5.80. The number of hydrogen-bond donors (Lipinski definition) is 2. The van der Waals surface area contributed by atoms with Crippen molar-refractivity contribution in [2.75, 3.05) is 13.2 Å². The Kier molecular flexibility index (Phi) is 5.65. The number of unbranched alkanes of at least 4 members (excludes halogenated alkanes) is 1. The molecule has 2 atom stereocenters. The van der Waals surface area contributed by atoms with Crippen molar-refractivity contribution in [2.45, 2.75) is 51.1 Å². The monoisotopic (exact) mass is 215 g/mol. The molecule has 4 nitrogen and oxygen atoms in total. The molecule has 1 aliphatic heterocycles. The smallest absolute Gasteiger partial charge is 0.320 e. The molecule has 2 unspecified atom stereocenters. The van der Waals surface area contributed by atoms with Gasteiger partial charge < -0.3 is 15.2 Å². The quantitative estimate of drug-likeness (QED) is 0.630. The van der Waals surface area contributed by atoms with Crippen molar-refractivity contribution < 1.29 is 14.6 Å². The first-order chi connectivity index (χ1) is 7.24. The van der Waals surface area contributed by atoms with E-state index in [0.29, 0.717) is 6.04 Å². The van der Waals surface area contributed by atoms with Crippen LogP contribution in [-0.4, -0.2) is 36.4 Å². The van der Waals surface area contributed by atoms with Crippen molar-refractivity contribution in [3.05, 3.63) is 0 Å². The van der Waals surface area contributed by atoms with Crippen LogP contribution in [0, 0.1) is 0 Å². The van der Waals surface area contributed by atoms with Gasteiger partial charge in [-0.15, -0.1) is 0 Å². The summed E-state index contributed by atoms with van der Waals surface area (Å²) < 4.78 is 5.44. The van der Waals surface area contributed by atoms with Crippen LogP contribution in [0.5, 0.6) is 0 Å². The predicted octanol–water partition coefficient (Wildman–Crippen LogP) is 1.40. The molecule has 0 aliphatic carbocycles. The molecule has 0 spiro atoms. The molecule has 0 saturated carbocycles. The molecule has 1 heterocycles. The molecule has 1 saturated heterocycles. The molecule has 1 fully saturated rings. The molecule has 15 heavy (non-hydrogen) atoms. The van der Waals surface area contributed by atoms with E-state index in [-0.39, 0.29) is 6.04 Å². The molecular formula is C11H21NO3. The molecular weight excluding hydrogens is 194 g/mol. The van der Waals surface area contributed by atoms with E-state index in [4.69, 9.17) is 9.84 Å². The molecule has 0 radical (unpaired) electrons. The second-order valence-corrected chi connectivity index (χ2v) is 4.09. The van der Waals surface area contributed by atoms with E-state index in [9.17, 15) is 4.79 Å². The fourth-order valence-electron chi connectivity index (χ4n) is 1.82. The van der Waals surface area contributed by atoms with Gasteiger partial charge in [-0.3, -0.25) is 4.79 Å². The van der Waals surface area contributed by atoms with Gasteiger partial charge >= 0.3 is 5.97 Å². The molecule has 0 bridgehead atoms. The zero-order valence-electron chi connectivity index (χ0n) is 9.37. The zero-order chi connectivity index (χ0) is 11.1. The van der Waals surface area contributed by atoms with Crippen LogP contribution in [0.2, 0.25) is 0 Å². The minimum absolute atomic E-state index is 0.327. The third-order valence-electron chi connectivity index (χ3n) is 2.79. The fraction of sp³-hybridized carbons (Fsp3) is 0.909. The third-order valence-corrected chi connectivity index (χ3v) is 2.79. The van der Waals surface area contributed by atoms with E-state index in [1.165, 1.54) is 0 Å². The Morgan fingerprint density at radius 3 is 2.87 bits per heavy atom. The summed E-state index contributed by atoms with van der Waals surface area (Å²) in [5.41, 5.74) is 0. The Balaban J connectivity index is 2.01. The summed E-state index contributed by atoms with van der Waals surface area (Å²) in [7, 11) is 0. The maximum absolute atomic E-state index is 10.7. The summed E-state index contributed by atoms with van der Waals surface area (Å²) in [6.45, 7) is 3.70. The van der Waals surface area contributed by atoms with Crippen LogP contribution < -0.4 is 5.32 Å². The van der Waals surface area contributed by atoms with Crippen molar-refractivity contribution in [2.24, 2.45) is 0 Å². The highest BCUT2D eigenvalue weighted by atomic mass is 16.5. The standard InChI is InChI=1S/C11H21NO3/c1-2-3-7-15-8-6-9-4-5-10(12-9)11(13)14/h9-10,12H,2-8H2,1H3,(H,13,14). The third kappa shape index (κ3) is 4.62. The predicted molar refractivity (Wildman–Crippen MR) is 57.9 cm³/mol. The largest absolute Gasteiger partial charge is 0.480 e. The van der Waals surface area contributed by atoms with Crippen LogP contribution in [0.1, 0.15) is 39.0 Å². The summed E-state index contributed by atoms with van der Waals surface area (Å²) >= 11 is 0. The average molecular weight is 215 g/mol. The number of carboxylic acids is 1. The summed E-state index contributed by atoms with van der Waals surface area (Å²) in [6.07, 6.45) is 4.88. The van der Waals surface area contributed by atoms with Gasteiger partial charge in [0.25, 0.3) is 0 Å². The summed E-state index contributed by atoms with van der Waals surface area (Å²) in [4.78, 5) is 10.7. The lowest BCUT2D eigenvalue weighted by atomic mass is 10.1. The van der Waals surface area contributed by atoms with Gasteiger partial charge in [-0.1, -0.05) is 13.3 Å². The van der Waals surface area contributed by atoms with Crippen molar-refractivity contribution in [1.82, 2.24) is 5.32 Å². The highest BCUT2D eigenvalue weighted by Crippen LogP contribution is 2.15. The van der Waals surface area contributed by atoms with Crippen LogP contribution in [0.15, 0.2) is 0 Å². The Labute approximate surface area is 91.0 Å². The topological polar surface area (TPSA) is 58.6 Å². The van der Waals surface area contributed by atoms with Gasteiger partial charge in [-0.05, 0) is 25.7 Å². The summed E-state index contributed by atoms with van der Waals surface area (Å²) in [5.74, 6) is -0.732. The van der Waals surface area contributed by atoms with Gasteiger partial charge in [0.1, 0.15) is 6.04 Å². The second-order valence-electron chi connectivity index (χ2n) is 4.09. The average Bonchev–Trinajstić information content (AvgIpc) is 2.66. The van der Waals surface area contributed by atoms with E-state index in [1.54, 1.807) is 0 Å². The number of carboxylic acid groups (broad SMARTS) is 1. The molecule has 1 rings (SSSR count). The summed E-state index contributed by atoms with van der Waals surface area (Å²) in [6, 6.07) is -0.0154. The van der Waals surface area contributed by atoms with E-state index < -0.39 is 5.97 Å². The van der Waals surface area contributed by atoms with Gasteiger partial charge in [0.2, 0.25) is 0 Å². The SMILES string of the molecule is CCCCOCCC1CCC(C(=O)O)N1. The number of ether oxygens (including phenoxy) is 1. The number of aliphatic carboxylic acids is 1. The Bertz CT molecular complexity index is 196. The molecule has 0 aromatic heterocycles. The van der Waals surface area contributed by atoms with Crippen LogP contribution in [0.3, 0.4) is 0 Å². The first kappa shape index (κ1) is 12.5. The molecule has 0 aromatic rings.